The molecule has 0 aromatic heterocycles. The van der Waals surface area contributed by atoms with Crippen LogP contribution in [0.4, 0.5) is 5.69 Å². The molecule has 6 nitrogen and oxygen atoms in total. The zero-order chi connectivity index (χ0) is 13.1. The van der Waals surface area contributed by atoms with E-state index in [1.54, 1.807) is 0 Å². The van der Waals surface area contributed by atoms with Crippen molar-refractivity contribution in [2.75, 3.05) is 13.1 Å². The first-order chi connectivity index (χ1) is 8.59. The molecule has 1 fully saturated rings. The Morgan fingerprint density at radius 1 is 1.56 bits per heavy atom. The van der Waals surface area contributed by atoms with Gasteiger partial charge in [0.1, 0.15) is 5.56 Å². The molecule has 1 heterocycles. The fourth-order valence-electron chi connectivity index (χ4n) is 1.93. The summed E-state index contributed by atoms with van der Waals surface area (Å²) in [6.07, 6.45) is 0.810. The number of rotatable bonds is 3. The lowest BCUT2D eigenvalue weighted by atomic mass is 10.1. The minimum atomic E-state index is -0.603. The average Bonchev–Trinajstić information content (AvgIpc) is 2.81. The predicted octanol–water partition coefficient (Wildman–Crippen LogP) is 1.34. The molecule has 1 atom stereocenters. The van der Waals surface area contributed by atoms with Crippen LogP contribution in [0.5, 0.6) is 0 Å². The summed E-state index contributed by atoms with van der Waals surface area (Å²) < 4.78 is 0. The molecule has 2 rings (SSSR count). The van der Waals surface area contributed by atoms with Gasteiger partial charge in [-0.05, 0) is 19.0 Å². The largest absolute Gasteiger partial charge is 0.348 e. The molecule has 2 N–H and O–H groups in total. The molecule has 7 heteroatoms. The van der Waals surface area contributed by atoms with E-state index in [-0.39, 0.29) is 22.3 Å². The van der Waals surface area contributed by atoms with Gasteiger partial charge in [0.25, 0.3) is 11.6 Å². The molecule has 1 aromatic carbocycles. The van der Waals surface area contributed by atoms with E-state index in [0.29, 0.717) is 6.54 Å². The fraction of sp³-hybridized carbons (Fsp3) is 0.364. The maximum atomic E-state index is 12.0. The van der Waals surface area contributed by atoms with E-state index in [2.05, 4.69) is 10.6 Å². The second-order valence-corrected chi connectivity index (χ2v) is 4.46. The molecule has 1 saturated heterocycles. The van der Waals surface area contributed by atoms with E-state index in [9.17, 15) is 14.9 Å². The first-order valence-electron chi connectivity index (χ1n) is 5.54. The number of nitro groups is 1. The first kappa shape index (κ1) is 12.8. The molecule has 1 aliphatic rings. The Morgan fingerprint density at radius 3 is 2.94 bits per heavy atom. The quantitative estimate of drug-likeness (QED) is 0.641. The van der Waals surface area contributed by atoms with Gasteiger partial charge in [0.15, 0.2) is 0 Å². The van der Waals surface area contributed by atoms with Gasteiger partial charge in [0.2, 0.25) is 0 Å². The van der Waals surface area contributed by atoms with Gasteiger partial charge in [-0.1, -0.05) is 17.7 Å². The second kappa shape index (κ2) is 5.32. The van der Waals surface area contributed by atoms with Crippen LogP contribution in [0.25, 0.3) is 0 Å². The third-order valence-electron chi connectivity index (χ3n) is 2.81. The first-order valence-corrected chi connectivity index (χ1v) is 5.92. The molecule has 1 amide bonds. The van der Waals surface area contributed by atoms with Crippen LogP contribution in [0, 0.1) is 10.1 Å². The van der Waals surface area contributed by atoms with Crippen molar-refractivity contribution in [3.05, 3.63) is 38.9 Å². The van der Waals surface area contributed by atoms with Gasteiger partial charge in [-0.25, -0.2) is 0 Å². The Morgan fingerprint density at radius 2 is 2.33 bits per heavy atom. The SMILES string of the molecule is O=C(NC1CCNC1)c1c(Cl)cccc1[N+](=O)[O-]. The molecule has 0 spiro atoms. The topological polar surface area (TPSA) is 84.3 Å². The Balaban J connectivity index is 2.25. The molecule has 96 valence electrons. The molecule has 0 radical (unpaired) electrons. The van der Waals surface area contributed by atoms with Crippen LogP contribution in [0.15, 0.2) is 18.2 Å². The maximum Gasteiger partial charge on any atom is 0.283 e. The highest BCUT2D eigenvalue weighted by atomic mass is 35.5. The minimum absolute atomic E-state index is 0.00613. The Labute approximate surface area is 108 Å². The van der Waals surface area contributed by atoms with Crippen molar-refractivity contribution in [2.24, 2.45) is 0 Å². The molecule has 1 aliphatic heterocycles. The molecule has 0 bridgehead atoms. The third-order valence-corrected chi connectivity index (χ3v) is 3.13. The second-order valence-electron chi connectivity index (χ2n) is 4.05. The smallest absolute Gasteiger partial charge is 0.283 e. The Kier molecular flexibility index (Phi) is 3.78. The Bertz CT molecular complexity index is 486. The van der Waals surface area contributed by atoms with Gasteiger partial charge in [-0.15, -0.1) is 0 Å². The zero-order valence-corrected chi connectivity index (χ0v) is 10.2. The van der Waals surface area contributed by atoms with E-state index in [1.165, 1.54) is 18.2 Å². The van der Waals surface area contributed by atoms with Crippen molar-refractivity contribution in [3.63, 3.8) is 0 Å². The average molecular weight is 270 g/mol. The summed E-state index contributed by atoms with van der Waals surface area (Å²) >= 11 is 5.87. The molecule has 1 unspecified atom stereocenters. The number of halogens is 1. The monoisotopic (exact) mass is 269 g/mol. The number of carbonyl (C=O) groups excluding carboxylic acids is 1. The van der Waals surface area contributed by atoms with Crippen molar-refractivity contribution < 1.29 is 9.72 Å². The highest BCUT2D eigenvalue weighted by Gasteiger charge is 2.26. The molecule has 0 aliphatic carbocycles. The summed E-state index contributed by atoms with van der Waals surface area (Å²) in [6, 6.07) is 4.19. The van der Waals surface area contributed by atoms with Crippen molar-refractivity contribution >= 4 is 23.2 Å². The third kappa shape index (κ3) is 2.60. The number of carbonyl (C=O) groups is 1. The summed E-state index contributed by atoms with van der Waals surface area (Å²) in [5.41, 5.74) is -0.345. The normalized spacial score (nSPS) is 18.6. The Hall–Kier alpha value is -1.66. The lowest BCUT2D eigenvalue weighted by Gasteiger charge is -2.12. The lowest BCUT2D eigenvalue weighted by molar-refractivity contribution is -0.385. The van der Waals surface area contributed by atoms with Crippen LogP contribution in [0.3, 0.4) is 0 Å². The zero-order valence-electron chi connectivity index (χ0n) is 9.48. The van der Waals surface area contributed by atoms with Crippen molar-refractivity contribution in [3.8, 4) is 0 Å². The van der Waals surface area contributed by atoms with Crippen molar-refractivity contribution in [1.82, 2.24) is 10.6 Å². The van der Waals surface area contributed by atoms with Crippen molar-refractivity contribution in [1.29, 1.82) is 0 Å². The van der Waals surface area contributed by atoms with E-state index in [1.807, 2.05) is 0 Å². The van der Waals surface area contributed by atoms with Crippen molar-refractivity contribution in [2.45, 2.75) is 12.5 Å². The van der Waals surface area contributed by atoms with E-state index in [4.69, 9.17) is 11.6 Å². The number of nitro benzene ring substituents is 1. The van der Waals surface area contributed by atoms with Gasteiger partial charge in [0, 0.05) is 18.7 Å². The molecule has 0 saturated carbocycles. The van der Waals surface area contributed by atoms with E-state index >= 15 is 0 Å². The molecular formula is C11H12ClN3O3. The fourth-order valence-corrected chi connectivity index (χ4v) is 2.18. The van der Waals surface area contributed by atoms with Gasteiger partial charge < -0.3 is 10.6 Å². The molecule has 1 aromatic rings. The number of benzene rings is 1. The minimum Gasteiger partial charge on any atom is -0.348 e. The number of nitrogens with zero attached hydrogens (tertiary/aromatic N) is 1. The number of amides is 1. The number of nitrogens with one attached hydrogen (secondary N) is 2. The predicted molar refractivity (Wildman–Crippen MR) is 66.8 cm³/mol. The summed E-state index contributed by atoms with van der Waals surface area (Å²) in [6.45, 7) is 1.50. The van der Waals surface area contributed by atoms with E-state index in [0.717, 1.165) is 13.0 Å². The van der Waals surface area contributed by atoms with Crippen LogP contribution in [-0.4, -0.2) is 30.0 Å². The summed E-state index contributed by atoms with van der Waals surface area (Å²) in [4.78, 5) is 22.3. The van der Waals surface area contributed by atoms with Gasteiger partial charge in [-0.2, -0.15) is 0 Å². The van der Waals surface area contributed by atoms with Gasteiger partial charge in [0.05, 0.1) is 9.95 Å². The lowest BCUT2D eigenvalue weighted by Crippen LogP contribution is -2.36. The molecule has 18 heavy (non-hydrogen) atoms. The summed E-state index contributed by atoms with van der Waals surface area (Å²) in [5, 5.41) is 16.8. The summed E-state index contributed by atoms with van der Waals surface area (Å²) in [7, 11) is 0. The highest BCUT2D eigenvalue weighted by molar-refractivity contribution is 6.34. The number of hydrogen-bond donors (Lipinski definition) is 2. The number of hydrogen-bond acceptors (Lipinski definition) is 4. The van der Waals surface area contributed by atoms with Gasteiger partial charge >= 0.3 is 0 Å². The van der Waals surface area contributed by atoms with Crippen LogP contribution >= 0.6 is 11.6 Å². The van der Waals surface area contributed by atoms with Gasteiger partial charge in [-0.3, -0.25) is 14.9 Å². The standard InChI is InChI=1S/C11H12ClN3O3/c12-8-2-1-3-9(15(17)18)10(8)11(16)14-7-4-5-13-6-7/h1-3,7,13H,4-6H2,(H,14,16). The maximum absolute atomic E-state index is 12.0. The summed E-state index contributed by atoms with van der Waals surface area (Å²) in [5.74, 6) is -0.499. The van der Waals surface area contributed by atoms with Crippen LogP contribution < -0.4 is 10.6 Å². The molecular weight excluding hydrogens is 258 g/mol. The van der Waals surface area contributed by atoms with Crippen LogP contribution in [0.2, 0.25) is 5.02 Å². The highest BCUT2D eigenvalue weighted by Crippen LogP contribution is 2.26. The van der Waals surface area contributed by atoms with Crippen LogP contribution in [-0.2, 0) is 0 Å². The van der Waals surface area contributed by atoms with E-state index < -0.39 is 10.8 Å². The van der Waals surface area contributed by atoms with Crippen LogP contribution in [0.1, 0.15) is 16.8 Å².